The molecule has 0 saturated heterocycles. The summed E-state index contributed by atoms with van der Waals surface area (Å²) in [5.41, 5.74) is 0.937. The van der Waals surface area contributed by atoms with Gasteiger partial charge in [0, 0.05) is 5.69 Å². The van der Waals surface area contributed by atoms with E-state index in [1.54, 1.807) is 36.4 Å². The zero-order valence-corrected chi connectivity index (χ0v) is 9.85. The summed E-state index contributed by atoms with van der Waals surface area (Å²) in [4.78, 5) is 0. The minimum atomic E-state index is -4.49. The van der Waals surface area contributed by atoms with Crippen LogP contribution in [0.15, 0.2) is 54.6 Å². The standard InChI is InChI=1S/C14H12F3NO/c15-14(16,17)18-12-8-4-7-11(9-12)13(19)10-5-2-1-3-6-10/h1-9,13,18-19H. The Kier molecular flexibility index (Phi) is 3.76. The second kappa shape index (κ2) is 5.32. The van der Waals surface area contributed by atoms with Crippen LogP contribution in [0.2, 0.25) is 0 Å². The van der Waals surface area contributed by atoms with Gasteiger partial charge in [0.2, 0.25) is 0 Å². The lowest BCUT2D eigenvalue weighted by Gasteiger charge is -2.14. The number of aliphatic hydroxyl groups is 1. The lowest BCUT2D eigenvalue weighted by Crippen LogP contribution is -2.20. The number of hydrogen-bond acceptors (Lipinski definition) is 2. The Labute approximate surface area is 108 Å². The fourth-order valence-corrected chi connectivity index (χ4v) is 1.78. The smallest absolute Gasteiger partial charge is 0.384 e. The van der Waals surface area contributed by atoms with E-state index in [-0.39, 0.29) is 5.69 Å². The summed E-state index contributed by atoms with van der Waals surface area (Å²) < 4.78 is 36.7. The minimum absolute atomic E-state index is 0.0972. The topological polar surface area (TPSA) is 32.3 Å². The molecule has 0 aliphatic rings. The van der Waals surface area contributed by atoms with Crippen LogP contribution in [-0.2, 0) is 0 Å². The van der Waals surface area contributed by atoms with Crippen molar-refractivity contribution in [2.45, 2.75) is 12.4 Å². The van der Waals surface area contributed by atoms with Crippen LogP contribution in [0.25, 0.3) is 0 Å². The van der Waals surface area contributed by atoms with E-state index in [9.17, 15) is 18.3 Å². The van der Waals surface area contributed by atoms with Gasteiger partial charge in [0.25, 0.3) is 0 Å². The van der Waals surface area contributed by atoms with Gasteiger partial charge in [-0.25, -0.2) is 0 Å². The molecule has 0 bridgehead atoms. The highest BCUT2D eigenvalue weighted by molar-refractivity contribution is 5.48. The molecule has 2 aromatic rings. The van der Waals surface area contributed by atoms with Crippen LogP contribution in [0, 0.1) is 0 Å². The number of rotatable bonds is 3. The Bertz CT molecular complexity index is 540. The van der Waals surface area contributed by atoms with E-state index < -0.39 is 12.4 Å². The maximum atomic E-state index is 12.2. The Morgan fingerprint density at radius 1 is 0.895 bits per heavy atom. The van der Waals surface area contributed by atoms with Crippen LogP contribution in [0.1, 0.15) is 17.2 Å². The molecule has 0 spiro atoms. The third-order valence-corrected chi connectivity index (χ3v) is 2.60. The van der Waals surface area contributed by atoms with Crippen LogP contribution < -0.4 is 5.32 Å². The maximum Gasteiger partial charge on any atom is 0.482 e. The second-order valence-corrected chi connectivity index (χ2v) is 4.06. The summed E-state index contributed by atoms with van der Waals surface area (Å²) in [6.45, 7) is 0. The van der Waals surface area contributed by atoms with Gasteiger partial charge in [-0.15, -0.1) is 0 Å². The molecular formula is C14H12F3NO. The Morgan fingerprint density at radius 3 is 2.16 bits per heavy atom. The van der Waals surface area contributed by atoms with Gasteiger partial charge in [0.05, 0.1) is 0 Å². The molecule has 2 aromatic carbocycles. The molecule has 0 saturated carbocycles. The number of halogens is 3. The normalized spacial score (nSPS) is 13.1. The third-order valence-electron chi connectivity index (χ3n) is 2.60. The number of alkyl halides is 3. The molecule has 0 amide bonds. The monoisotopic (exact) mass is 267 g/mol. The predicted octanol–water partition coefficient (Wildman–Crippen LogP) is 3.70. The van der Waals surface area contributed by atoms with Gasteiger partial charge in [-0.05, 0) is 23.3 Å². The Hall–Kier alpha value is -2.01. The molecule has 0 aliphatic heterocycles. The highest BCUT2D eigenvalue weighted by atomic mass is 19.4. The van der Waals surface area contributed by atoms with Crippen LogP contribution >= 0.6 is 0 Å². The molecule has 2 N–H and O–H groups in total. The summed E-state index contributed by atoms with van der Waals surface area (Å²) in [5.74, 6) is 0. The molecule has 0 aliphatic carbocycles. The average molecular weight is 267 g/mol. The molecule has 0 heterocycles. The highest BCUT2D eigenvalue weighted by Gasteiger charge is 2.27. The quantitative estimate of drug-likeness (QED) is 0.831. The number of aliphatic hydroxyl groups excluding tert-OH is 1. The Morgan fingerprint density at radius 2 is 1.53 bits per heavy atom. The average Bonchev–Trinajstić information content (AvgIpc) is 2.37. The molecule has 5 heteroatoms. The Balaban J connectivity index is 2.24. The fraction of sp³-hybridized carbons (Fsp3) is 0.143. The number of benzene rings is 2. The second-order valence-electron chi connectivity index (χ2n) is 4.06. The van der Waals surface area contributed by atoms with Gasteiger partial charge < -0.3 is 5.11 Å². The summed E-state index contributed by atoms with van der Waals surface area (Å²) in [5, 5.41) is 11.5. The molecule has 2 rings (SSSR count). The lowest BCUT2D eigenvalue weighted by molar-refractivity contribution is -0.0999. The van der Waals surface area contributed by atoms with Crippen LogP contribution in [0.5, 0.6) is 0 Å². The molecule has 100 valence electrons. The number of nitrogens with one attached hydrogen (secondary N) is 1. The zero-order chi connectivity index (χ0) is 13.9. The van der Waals surface area contributed by atoms with Crippen LogP contribution in [0.4, 0.5) is 18.9 Å². The van der Waals surface area contributed by atoms with E-state index in [1.165, 1.54) is 23.5 Å². The summed E-state index contributed by atoms with van der Waals surface area (Å²) in [6.07, 6.45) is -5.44. The van der Waals surface area contributed by atoms with E-state index in [4.69, 9.17) is 0 Å². The maximum absolute atomic E-state index is 12.2. The van der Waals surface area contributed by atoms with Crippen molar-refractivity contribution in [2.75, 3.05) is 5.32 Å². The highest BCUT2D eigenvalue weighted by Crippen LogP contribution is 2.26. The van der Waals surface area contributed by atoms with E-state index in [2.05, 4.69) is 0 Å². The van der Waals surface area contributed by atoms with Crippen LogP contribution in [0.3, 0.4) is 0 Å². The van der Waals surface area contributed by atoms with Crippen molar-refractivity contribution in [3.63, 3.8) is 0 Å². The SMILES string of the molecule is OC(c1ccccc1)c1cccc(NC(F)(F)F)c1. The van der Waals surface area contributed by atoms with Crippen molar-refractivity contribution >= 4 is 5.69 Å². The van der Waals surface area contributed by atoms with Gasteiger partial charge in [-0.2, -0.15) is 13.2 Å². The van der Waals surface area contributed by atoms with Crippen LogP contribution in [-0.4, -0.2) is 11.4 Å². The first kappa shape index (κ1) is 13.4. The molecule has 19 heavy (non-hydrogen) atoms. The molecule has 1 atom stereocenters. The molecule has 0 aromatic heterocycles. The lowest BCUT2D eigenvalue weighted by atomic mass is 10.0. The van der Waals surface area contributed by atoms with Gasteiger partial charge in [-0.3, -0.25) is 5.32 Å². The predicted molar refractivity (Wildman–Crippen MR) is 66.6 cm³/mol. The minimum Gasteiger partial charge on any atom is -0.384 e. The fourth-order valence-electron chi connectivity index (χ4n) is 1.78. The summed E-state index contributed by atoms with van der Waals surface area (Å²) in [7, 11) is 0. The number of anilines is 1. The van der Waals surface area contributed by atoms with Gasteiger partial charge in [0.15, 0.2) is 0 Å². The summed E-state index contributed by atoms with van der Waals surface area (Å²) in [6, 6.07) is 14.4. The zero-order valence-electron chi connectivity index (χ0n) is 9.85. The van der Waals surface area contributed by atoms with Gasteiger partial charge >= 0.3 is 6.30 Å². The van der Waals surface area contributed by atoms with Crippen molar-refractivity contribution in [1.82, 2.24) is 0 Å². The molecule has 1 unspecified atom stereocenters. The van der Waals surface area contributed by atoms with Crippen molar-refractivity contribution in [2.24, 2.45) is 0 Å². The first-order valence-corrected chi connectivity index (χ1v) is 5.63. The number of hydrogen-bond donors (Lipinski definition) is 2. The largest absolute Gasteiger partial charge is 0.482 e. The van der Waals surface area contributed by atoms with Crippen molar-refractivity contribution in [3.8, 4) is 0 Å². The molecule has 0 radical (unpaired) electrons. The molecule has 0 fully saturated rings. The van der Waals surface area contributed by atoms with Gasteiger partial charge in [0.1, 0.15) is 6.10 Å². The van der Waals surface area contributed by atoms with Crippen molar-refractivity contribution in [1.29, 1.82) is 0 Å². The van der Waals surface area contributed by atoms with E-state index in [1.807, 2.05) is 0 Å². The molecule has 2 nitrogen and oxygen atoms in total. The first-order chi connectivity index (χ1) is 8.96. The first-order valence-electron chi connectivity index (χ1n) is 5.63. The van der Waals surface area contributed by atoms with Gasteiger partial charge in [-0.1, -0.05) is 42.5 Å². The van der Waals surface area contributed by atoms with Crippen molar-refractivity contribution in [3.05, 3.63) is 65.7 Å². The van der Waals surface area contributed by atoms with E-state index >= 15 is 0 Å². The van der Waals surface area contributed by atoms with E-state index in [0.29, 0.717) is 11.1 Å². The van der Waals surface area contributed by atoms with E-state index in [0.717, 1.165) is 0 Å². The van der Waals surface area contributed by atoms with Crippen molar-refractivity contribution < 1.29 is 18.3 Å². The third kappa shape index (κ3) is 3.72. The molecular weight excluding hydrogens is 255 g/mol. The summed E-state index contributed by atoms with van der Waals surface area (Å²) >= 11 is 0.